The van der Waals surface area contributed by atoms with Gasteiger partial charge in [0, 0.05) is 0 Å². The molecule has 0 aliphatic rings. The maximum atomic E-state index is 11.0. The first-order chi connectivity index (χ1) is 9.51. The fourth-order valence-electron chi connectivity index (χ4n) is 1.49. The predicted octanol–water partition coefficient (Wildman–Crippen LogP) is 4.42. The molecule has 0 spiro atoms. The molecular weight excluding hydrogens is 437 g/mol. The van der Waals surface area contributed by atoms with Crippen LogP contribution in [0.1, 0.15) is 15.9 Å². The van der Waals surface area contributed by atoms with Crippen molar-refractivity contribution in [1.82, 2.24) is 0 Å². The number of hydrogen-bond donors (Lipinski definition) is 1. The molecule has 1 N–H and O–H groups in total. The van der Waals surface area contributed by atoms with Crippen LogP contribution in [0.2, 0.25) is 0 Å². The molecule has 0 aliphatic carbocycles. The van der Waals surface area contributed by atoms with E-state index in [2.05, 4.69) is 38.5 Å². The van der Waals surface area contributed by atoms with Crippen molar-refractivity contribution in [3.8, 4) is 17.6 Å². The number of halogens is 2. The number of hydrogen-bond acceptors (Lipinski definition) is 3. The average Bonchev–Trinajstić information content (AvgIpc) is 2.42. The molecule has 0 atom stereocenters. The van der Waals surface area contributed by atoms with Gasteiger partial charge in [-0.05, 0) is 74.9 Å². The lowest BCUT2D eigenvalue weighted by atomic mass is 10.2. The summed E-state index contributed by atoms with van der Waals surface area (Å²) in [6.07, 6.45) is 0. The Morgan fingerprint density at radius 2 is 2.00 bits per heavy atom. The summed E-state index contributed by atoms with van der Waals surface area (Å²) in [7, 11) is 0. The third-order valence-electron chi connectivity index (χ3n) is 2.46. The number of aromatic carboxylic acids is 1. The first-order valence-corrected chi connectivity index (χ1v) is 7.29. The van der Waals surface area contributed by atoms with Gasteiger partial charge in [0.2, 0.25) is 0 Å². The summed E-state index contributed by atoms with van der Waals surface area (Å²) in [5.41, 5.74) is 0.670. The normalized spacial score (nSPS) is 9.85. The molecule has 2 rings (SSSR count). The Morgan fingerprint density at radius 3 is 2.60 bits per heavy atom. The van der Waals surface area contributed by atoms with E-state index in [1.165, 1.54) is 12.1 Å². The molecule has 0 unspecified atom stereocenters. The Morgan fingerprint density at radius 1 is 1.25 bits per heavy atom. The Bertz CT molecular complexity index is 725. The standard InChI is InChI=1S/C14H7BrINO3/c15-10-5-8(7-17)1-4-12(10)20-13-6-9(14(18)19)2-3-11(13)16/h1-6H,(H,18,19). The third kappa shape index (κ3) is 3.29. The highest BCUT2D eigenvalue weighted by Crippen LogP contribution is 2.33. The van der Waals surface area contributed by atoms with Crippen molar-refractivity contribution in [2.24, 2.45) is 0 Å². The van der Waals surface area contributed by atoms with Gasteiger partial charge in [-0.25, -0.2) is 4.79 Å². The Hall–Kier alpha value is -1.59. The summed E-state index contributed by atoms with van der Waals surface area (Å²) < 4.78 is 7.13. The van der Waals surface area contributed by atoms with Crippen molar-refractivity contribution in [2.45, 2.75) is 0 Å². The zero-order valence-electron chi connectivity index (χ0n) is 9.93. The lowest BCUT2D eigenvalue weighted by Crippen LogP contribution is -1.98. The highest BCUT2D eigenvalue weighted by atomic mass is 127. The van der Waals surface area contributed by atoms with Gasteiger partial charge in [-0.1, -0.05) is 0 Å². The van der Waals surface area contributed by atoms with Gasteiger partial charge in [-0.2, -0.15) is 5.26 Å². The Balaban J connectivity index is 2.37. The zero-order valence-corrected chi connectivity index (χ0v) is 13.7. The maximum absolute atomic E-state index is 11.0. The summed E-state index contributed by atoms with van der Waals surface area (Å²) in [5.74, 6) is -0.0366. The van der Waals surface area contributed by atoms with Crippen LogP contribution in [-0.4, -0.2) is 11.1 Å². The average molecular weight is 444 g/mol. The minimum atomic E-state index is -1.01. The highest BCUT2D eigenvalue weighted by molar-refractivity contribution is 14.1. The second kappa shape index (κ2) is 6.24. The van der Waals surface area contributed by atoms with Crippen LogP contribution in [0.3, 0.4) is 0 Å². The first-order valence-electron chi connectivity index (χ1n) is 5.41. The quantitative estimate of drug-likeness (QED) is 0.713. The molecule has 0 saturated heterocycles. The van der Waals surface area contributed by atoms with Crippen molar-refractivity contribution in [3.05, 3.63) is 55.6 Å². The number of nitrogens with zero attached hydrogens (tertiary/aromatic N) is 1. The topological polar surface area (TPSA) is 70.3 Å². The zero-order chi connectivity index (χ0) is 14.7. The van der Waals surface area contributed by atoms with Gasteiger partial charge < -0.3 is 9.84 Å². The number of carboxylic acid groups (broad SMARTS) is 1. The van der Waals surface area contributed by atoms with Crippen LogP contribution in [-0.2, 0) is 0 Å². The van der Waals surface area contributed by atoms with Crippen molar-refractivity contribution in [1.29, 1.82) is 5.26 Å². The van der Waals surface area contributed by atoms with Crippen molar-refractivity contribution < 1.29 is 14.6 Å². The molecule has 0 heterocycles. The summed E-state index contributed by atoms with van der Waals surface area (Å²) in [4.78, 5) is 11.0. The van der Waals surface area contributed by atoms with Gasteiger partial charge in [0.1, 0.15) is 11.5 Å². The summed E-state index contributed by atoms with van der Waals surface area (Å²) in [6, 6.07) is 11.6. The van der Waals surface area contributed by atoms with E-state index < -0.39 is 5.97 Å². The van der Waals surface area contributed by atoms with Crippen LogP contribution < -0.4 is 4.74 Å². The lowest BCUT2D eigenvalue weighted by molar-refractivity contribution is 0.0696. The molecule has 2 aromatic rings. The fourth-order valence-corrected chi connectivity index (χ4v) is 2.39. The van der Waals surface area contributed by atoms with Gasteiger partial charge in [-0.3, -0.25) is 0 Å². The van der Waals surface area contributed by atoms with Crippen LogP contribution in [0.4, 0.5) is 0 Å². The maximum Gasteiger partial charge on any atom is 0.335 e. The monoisotopic (exact) mass is 443 g/mol. The van der Waals surface area contributed by atoms with E-state index in [9.17, 15) is 4.79 Å². The van der Waals surface area contributed by atoms with E-state index in [-0.39, 0.29) is 5.56 Å². The van der Waals surface area contributed by atoms with E-state index in [1.807, 2.05) is 6.07 Å². The van der Waals surface area contributed by atoms with Crippen LogP contribution in [0.15, 0.2) is 40.9 Å². The molecule has 20 heavy (non-hydrogen) atoms. The number of nitriles is 1. The smallest absolute Gasteiger partial charge is 0.335 e. The third-order valence-corrected chi connectivity index (χ3v) is 3.97. The van der Waals surface area contributed by atoms with Gasteiger partial charge in [0.15, 0.2) is 0 Å². The predicted molar refractivity (Wildman–Crippen MR) is 85.0 cm³/mol. The van der Waals surface area contributed by atoms with E-state index in [0.717, 1.165) is 3.57 Å². The number of benzene rings is 2. The van der Waals surface area contributed by atoms with Crippen LogP contribution in [0, 0.1) is 14.9 Å². The van der Waals surface area contributed by atoms with E-state index >= 15 is 0 Å². The van der Waals surface area contributed by atoms with Crippen LogP contribution in [0.25, 0.3) is 0 Å². The van der Waals surface area contributed by atoms with E-state index in [4.69, 9.17) is 15.1 Å². The SMILES string of the molecule is N#Cc1ccc(Oc2cc(C(=O)O)ccc2I)c(Br)c1. The summed E-state index contributed by atoms with van der Waals surface area (Å²) >= 11 is 5.39. The number of ether oxygens (including phenoxy) is 1. The molecule has 4 nitrogen and oxygen atoms in total. The van der Waals surface area contributed by atoms with Crippen molar-refractivity contribution in [3.63, 3.8) is 0 Å². The molecular formula is C14H7BrINO3. The molecule has 0 aliphatic heterocycles. The van der Waals surface area contributed by atoms with Crippen molar-refractivity contribution >= 4 is 44.5 Å². The number of carbonyl (C=O) groups is 1. The molecule has 0 amide bonds. The minimum Gasteiger partial charge on any atom is -0.478 e. The molecule has 0 fully saturated rings. The molecule has 0 aromatic heterocycles. The molecule has 2 aromatic carbocycles. The molecule has 0 bridgehead atoms. The largest absolute Gasteiger partial charge is 0.478 e. The van der Waals surface area contributed by atoms with Gasteiger partial charge >= 0.3 is 5.97 Å². The molecule has 0 saturated carbocycles. The second-order valence-electron chi connectivity index (χ2n) is 3.81. The van der Waals surface area contributed by atoms with Gasteiger partial charge in [0.05, 0.1) is 25.2 Å². The van der Waals surface area contributed by atoms with E-state index in [1.54, 1.807) is 24.3 Å². The van der Waals surface area contributed by atoms with Gasteiger partial charge in [-0.15, -0.1) is 0 Å². The second-order valence-corrected chi connectivity index (χ2v) is 5.83. The Labute approximate surface area is 137 Å². The van der Waals surface area contributed by atoms with E-state index in [0.29, 0.717) is 21.5 Å². The van der Waals surface area contributed by atoms with Crippen molar-refractivity contribution in [2.75, 3.05) is 0 Å². The van der Waals surface area contributed by atoms with Crippen LogP contribution in [0.5, 0.6) is 11.5 Å². The first kappa shape index (κ1) is 14.8. The highest BCUT2D eigenvalue weighted by Gasteiger charge is 2.10. The summed E-state index contributed by atoms with van der Waals surface area (Å²) in [6.45, 7) is 0. The number of carboxylic acids is 1. The molecule has 6 heteroatoms. The summed E-state index contributed by atoms with van der Waals surface area (Å²) in [5, 5.41) is 17.8. The number of rotatable bonds is 3. The lowest BCUT2D eigenvalue weighted by Gasteiger charge is -2.10. The minimum absolute atomic E-state index is 0.158. The van der Waals surface area contributed by atoms with Gasteiger partial charge in [0.25, 0.3) is 0 Å². The van der Waals surface area contributed by atoms with Crippen LogP contribution >= 0.6 is 38.5 Å². The molecule has 0 radical (unpaired) electrons. The molecule has 100 valence electrons. The fraction of sp³-hybridized carbons (Fsp3) is 0. The Kier molecular flexibility index (Phi) is 4.62.